The first kappa shape index (κ1) is 15.6. The zero-order valence-corrected chi connectivity index (χ0v) is 13.5. The number of carboxylic acids is 1. The molecule has 3 heterocycles. The van der Waals surface area contributed by atoms with Crippen LogP contribution in [0.2, 0.25) is 0 Å². The fourth-order valence-electron chi connectivity index (χ4n) is 3.25. The van der Waals surface area contributed by atoms with Crippen LogP contribution in [0.4, 0.5) is 0 Å². The third kappa shape index (κ3) is 2.94. The summed E-state index contributed by atoms with van der Waals surface area (Å²) in [4.78, 5) is 33.3. The van der Waals surface area contributed by atoms with Gasteiger partial charge in [-0.2, -0.15) is 0 Å². The standard InChI is InChI=1S/C18H18N4O3/c23-17(14-5-2-7-19-14)22-8-6-13-15(10-22)21-16(20-13)11-3-1-4-12(9-11)18(24)25/h1-5,9,14,19H,6-8,10H2,(H,20,21)(H,24,25). The van der Waals surface area contributed by atoms with Crippen LogP contribution >= 0.6 is 0 Å². The van der Waals surface area contributed by atoms with Gasteiger partial charge < -0.3 is 15.0 Å². The van der Waals surface area contributed by atoms with Gasteiger partial charge in [-0.1, -0.05) is 24.3 Å². The maximum absolute atomic E-state index is 12.5. The van der Waals surface area contributed by atoms with Crippen LogP contribution in [0.1, 0.15) is 21.7 Å². The Morgan fingerprint density at radius 2 is 2.20 bits per heavy atom. The predicted molar refractivity (Wildman–Crippen MR) is 91.0 cm³/mol. The summed E-state index contributed by atoms with van der Waals surface area (Å²) in [5.41, 5.74) is 2.81. The smallest absolute Gasteiger partial charge is 0.335 e. The van der Waals surface area contributed by atoms with Crippen LogP contribution in [0.3, 0.4) is 0 Å². The molecule has 4 rings (SSSR count). The van der Waals surface area contributed by atoms with Crippen molar-refractivity contribution in [1.82, 2.24) is 20.2 Å². The van der Waals surface area contributed by atoms with Crippen molar-refractivity contribution in [3.8, 4) is 11.4 Å². The van der Waals surface area contributed by atoms with Gasteiger partial charge in [-0.05, 0) is 12.1 Å². The van der Waals surface area contributed by atoms with Crippen molar-refractivity contribution in [1.29, 1.82) is 0 Å². The molecule has 0 saturated heterocycles. The first-order chi connectivity index (χ1) is 12.1. The van der Waals surface area contributed by atoms with E-state index < -0.39 is 5.97 Å². The molecule has 0 spiro atoms. The Hall–Kier alpha value is -2.93. The van der Waals surface area contributed by atoms with Gasteiger partial charge in [0.05, 0.1) is 23.5 Å². The number of H-pyrrole nitrogens is 1. The SMILES string of the molecule is O=C(O)c1cccc(-c2nc3c([nH]2)CN(C(=O)C2C=CCN2)CC3)c1. The minimum atomic E-state index is -0.966. The number of carbonyl (C=O) groups excluding carboxylic acids is 1. The summed E-state index contributed by atoms with van der Waals surface area (Å²) in [6.07, 6.45) is 4.54. The third-order valence-electron chi connectivity index (χ3n) is 4.58. The topological polar surface area (TPSA) is 98.3 Å². The number of amides is 1. The Labute approximate surface area is 144 Å². The Balaban J connectivity index is 1.56. The van der Waals surface area contributed by atoms with E-state index in [1.54, 1.807) is 18.2 Å². The van der Waals surface area contributed by atoms with Crippen molar-refractivity contribution in [3.05, 3.63) is 53.4 Å². The number of imidazole rings is 1. The number of aromatic amines is 1. The predicted octanol–water partition coefficient (Wildman–Crippen LogP) is 1.19. The van der Waals surface area contributed by atoms with E-state index in [1.807, 2.05) is 23.1 Å². The van der Waals surface area contributed by atoms with Gasteiger partial charge in [-0.15, -0.1) is 0 Å². The number of nitrogens with one attached hydrogen (secondary N) is 2. The molecule has 0 bridgehead atoms. The summed E-state index contributed by atoms with van der Waals surface area (Å²) in [6, 6.07) is 6.44. The zero-order chi connectivity index (χ0) is 17.4. The number of aromatic carboxylic acids is 1. The Bertz CT molecular complexity index is 871. The molecule has 2 aliphatic rings. The van der Waals surface area contributed by atoms with Crippen LogP contribution in [0.25, 0.3) is 11.4 Å². The van der Waals surface area contributed by atoms with Crippen molar-refractivity contribution < 1.29 is 14.7 Å². The van der Waals surface area contributed by atoms with Crippen LogP contribution in [-0.2, 0) is 17.8 Å². The maximum Gasteiger partial charge on any atom is 0.335 e. The third-order valence-corrected chi connectivity index (χ3v) is 4.58. The lowest BCUT2D eigenvalue weighted by Gasteiger charge is -2.28. The number of hydrogen-bond acceptors (Lipinski definition) is 4. The number of benzene rings is 1. The first-order valence-corrected chi connectivity index (χ1v) is 8.22. The summed E-state index contributed by atoms with van der Waals surface area (Å²) in [7, 11) is 0. The molecule has 25 heavy (non-hydrogen) atoms. The van der Waals surface area contributed by atoms with Crippen LogP contribution in [0, 0.1) is 0 Å². The molecule has 1 aromatic carbocycles. The van der Waals surface area contributed by atoms with Gasteiger partial charge in [0.25, 0.3) is 0 Å². The molecule has 1 unspecified atom stereocenters. The molecular formula is C18H18N4O3. The van der Waals surface area contributed by atoms with Gasteiger partial charge in [0, 0.05) is 25.1 Å². The Kier molecular flexibility index (Phi) is 3.85. The highest BCUT2D eigenvalue weighted by Gasteiger charge is 2.28. The van der Waals surface area contributed by atoms with E-state index in [2.05, 4.69) is 15.3 Å². The molecule has 3 N–H and O–H groups in total. The van der Waals surface area contributed by atoms with E-state index in [9.17, 15) is 9.59 Å². The van der Waals surface area contributed by atoms with Gasteiger partial charge in [0.2, 0.25) is 5.91 Å². The lowest BCUT2D eigenvalue weighted by molar-refractivity contribution is -0.133. The Morgan fingerprint density at radius 1 is 1.32 bits per heavy atom. The lowest BCUT2D eigenvalue weighted by atomic mass is 10.1. The molecule has 0 fully saturated rings. The molecule has 128 valence electrons. The summed E-state index contributed by atoms with van der Waals surface area (Å²) < 4.78 is 0. The fourth-order valence-corrected chi connectivity index (χ4v) is 3.25. The van der Waals surface area contributed by atoms with Crippen molar-refractivity contribution in [2.24, 2.45) is 0 Å². The minimum absolute atomic E-state index is 0.0726. The molecule has 1 aromatic heterocycles. The number of nitrogens with zero attached hydrogens (tertiary/aromatic N) is 2. The van der Waals surface area contributed by atoms with Crippen LogP contribution in [-0.4, -0.2) is 51.0 Å². The van der Waals surface area contributed by atoms with E-state index in [0.717, 1.165) is 23.5 Å². The molecule has 2 aliphatic heterocycles. The lowest BCUT2D eigenvalue weighted by Crippen LogP contribution is -2.45. The number of aromatic nitrogens is 2. The average Bonchev–Trinajstić information content (AvgIpc) is 3.30. The van der Waals surface area contributed by atoms with E-state index in [1.165, 1.54) is 0 Å². The molecule has 7 heteroatoms. The zero-order valence-electron chi connectivity index (χ0n) is 13.5. The number of carboxylic acid groups (broad SMARTS) is 1. The van der Waals surface area contributed by atoms with Gasteiger partial charge in [0.1, 0.15) is 11.9 Å². The molecule has 1 amide bonds. The molecule has 0 saturated carbocycles. The van der Waals surface area contributed by atoms with E-state index in [4.69, 9.17) is 5.11 Å². The van der Waals surface area contributed by atoms with Crippen LogP contribution < -0.4 is 5.32 Å². The van der Waals surface area contributed by atoms with E-state index >= 15 is 0 Å². The quantitative estimate of drug-likeness (QED) is 0.730. The molecule has 7 nitrogen and oxygen atoms in total. The van der Waals surface area contributed by atoms with Crippen molar-refractivity contribution in [2.45, 2.75) is 19.0 Å². The largest absolute Gasteiger partial charge is 0.478 e. The number of rotatable bonds is 3. The summed E-state index contributed by atoms with van der Waals surface area (Å²) in [5, 5.41) is 12.3. The van der Waals surface area contributed by atoms with Crippen LogP contribution in [0.15, 0.2) is 36.4 Å². The second kappa shape index (κ2) is 6.18. The van der Waals surface area contributed by atoms with Gasteiger partial charge in [-0.25, -0.2) is 9.78 Å². The minimum Gasteiger partial charge on any atom is -0.478 e. The van der Waals surface area contributed by atoms with Crippen molar-refractivity contribution in [3.63, 3.8) is 0 Å². The number of hydrogen-bond donors (Lipinski definition) is 3. The van der Waals surface area contributed by atoms with Crippen molar-refractivity contribution >= 4 is 11.9 Å². The van der Waals surface area contributed by atoms with E-state index in [0.29, 0.717) is 25.3 Å². The van der Waals surface area contributed by atoms with Crippen molar-refractivity contribution in [2.75, 3.05) is 13.1 Å². The second-order valence-corrected chi connectivity index (χ2v) is 6.22. The average molecular weight is 338 g/mol. The summed E-state index contributed by atoms with van der Waals surface area (Å²) >= 11 is 0. The fraction of sp³-hybridized carbons (Fsp3) is 0.278. The molecule has 1 atom stereocenters. The highest BCUT2D eigenvalue weighted by Crippen LogP contribution is 2.24. The van der Waals surface area contributed by atoms with E-state index in [-0.39, 0.29) is 17.5 Å². The van der Waals surface area contributed by atoms with Gasteiger partial charge in [-0.3, -0.25) is 10.1 Å². The molecular weight excluding hydrogens is 320 g/mol. The molecule has 2 aromatic rings. The first-order valence-electron chi connectivity index (χ1n) is 8.22. The summed E-state index contributed by atoms with van der Waals surface area (Å²) in [5.74, 6) is -0.253. The number of carbonyl (C=O) groups is 2. The van der Waals surface area contributed by atoms with Gasteiger partial charge in [0.15, 0.2) is 0 Å². The highest BCUT2D eigenvalue weighted by molar-refractivity contribution is 5.89. The number of fused-ring (bicyclic) bond motifs is 1. The summed E-state index contributed by atoms with van der Waals surface area (Å²) in [6.45, 7) is 1.85. The Morgan fingerprint density at radius 3 is 2.96 bits per heavy atom. The monoisotopic (exact) mass is 338 g/mol. The second-order valence-electron chi connectivity index (χ2n) is 6.22. The van der Waals surface area contributed by atoms with Crippen LogP contribution in [0.5, 0.6) is 0 Å². The molecule has 0 aliphatic carbocycles. The molecule has 0 radical (unpaired) electrons. The normalized spacial score (nSPS) is 19.0. The highest BCUT2D eigenvalue weighted by atomic mass is 16.4. The van der Waals surface area contributed by atoms with Gasteiger partial charge >= 0.3 is 5.97 Å². The maximum atomic E-state index is 12.5.